The van der Waals surface area contributed by atoms with Crippen molar-refractivity contribution in [3.63, 3.8) is 0 Å². The average Bonchev–Trinajstić information content (AvgIpc) is 2.75. The van der Waals surface area contributed by atoms with Gasteiger partial charge in [-0.2, -0.15) is 0 Å². The number of ether oxygens (including phenoxy) is 3. The molecule has 0 spiro atoms. The van der Waals surface area contributed by atoms with Crippen molar-refractivity contribution in [2.75, 3.05) is 14.1 Å². The molecular formula is C20H33N5O7. The van der Waals surface area contributed by atoms with Crippen molar-refractivity contribution in [1.29, 1.82) is 0 Å². The summed E-state index contributed by atoms with van der Waals surface area (Å²) < 4.78 is 17.9. The summed E-state index contributed by atoms with van der Waals surface area (Å²) in [4.78, 5) is 12.7. The molecule has 4 aliphatic rings. The molecule has 1 aliphatic carbocycles. The van der Waals surface area contributed by atoms with Gasteiger partial charge in [0.1, 0.15) is 18.3 Å². The Morgan fingerprint density at radius 2 is 1.94 bits per heavy atom. The smallest absolute Gasteiger partial charge is 0.239 e. The molecule has 10 atom stereocenters. The highest BCUT2D eigenvalue weighted by Gasteiger charge is 2.63. The summed E-state index contributed by atoms with van der Waals surface area (Å²) >= 11 is 0. The molecule has 0 aromatic heterocycles. The minimum Gasteiger partial charge on any atom is -0.390 e. The van der Waals surface area contributed by atoms with Gasteiger partial charge in [-0.15, -0.1) is 0 Å². The predicted octanol–water partition coefficient (Wildman–Crippen LogP) is -3.11. The zero-order valence-corrected chi connectivity index (χ0v) is 18.3. The molecule has 12 nitrogen and oxygen atoms in total. The molecule has 180 valence electrons. The van der Waals surface area contributed by atoms with Crippen molar-refractivity contribution in [3.05, 3.63) is 24.0 Å². The van der Waals surface area contributed by atoms with Crippen LogP contribution in [0.25, 0.3) is 0 Å². The Bertz CT molecular complexity index is 767. The van der Waals surface area contributed by atoms with Crippen LogP contribution in [0.5, 0.6) is 0 Å². The lowest BCUT2D eigenvalue weighted by atomic mass is 9.79. The molecule has 0 aromatic carbocycles. The quantitative estimate of drug-likeness (QED) is 0.211. The highest BCUT2D eigenvalue weighted by molar-refractivity contribution is 5.79. The van der Waals surface area contributed by atoms with E-state index in [1.807, 2.05) is 6.92 Å². The van der Waals surface area contributed by atoms with Gasteiger partial charge in [-0.25, -0.2) is 0 Å². The first-order valence-corrected chi connectivity index (χ1v) is 10.9. The van der Waals surface area contributed by atoms with Crippen molar-refractivity contribution in [3.8, 4) is 0 Å². The maximum atomic E-state index is 12.7. The third kappa shape index (κ3) is 4.13. The largest absolute Gasteiger partial charge is 0.390 e. The predicted molar refractivity (Wildman–Crippen MR) is 111 cm³/mol. The maximum Gasteiger partial charge on any atom is 0.239 e. The van der Waals surface area contributed by atoms with Crippen LogP contribution in [0.2, 0.25) is 0 Å². The van der Waals surface area contributed by atoms with Crippen LogP contribution in [-0.4, -0.2) is 96.0 Å². The minimum absolute atomic E-state index is 0.0666. The van der Waals surface area contributed by atoms with Crippen LogP contribution in [0.4, 0.5) is 0 Å². The van der Waals surface area contributed by atoms with Gasteiger partial charge in [0, 0.05) is 11.9 Å². The zero-order chi connectivity index (χ0) is 23.0. The summed E-state index contributed by atoms with van der Waals surface area (Å²) in [5, 5.41) is 41.8. The number of amides is 1. The number of hydrazine groups is 1. The Morgan fingerprint density at radius 1 is 1.19 bits per heavy atom. The number of aliphatic hydroxyl groups excluding tert-OH is 2. The summed E-state index contributed by atoms with van der Waals surface area (Å²) in [6.45, 7) is 1.81. The monoisotopic (exact) mass is 455 g/mol. The minimum atomic E-state index is -2.00. The van der Waals surface area contributed by atoms with E-state index in [1.54, 1.807) is 32.4 Å². The molecule has 3 fully saturated rings. The molecule has 32 heavy (non-hydrogen) atoms. The second-order valence-corrected chi connectivity index (χ2v) is 8.68. The number of aliphatic hydroxyl groups is 3. The van der Waals surface area contributed by atoms with Crippen LogP contribution >= 0.6 is 0 Å². The summed E-state index contributed by atoms with van der Waals surface area (Å²) in [7, 11) is 3.29. The topological polar surface area (TPSA) is 166 Å². The van der Waals surface area contributed by atoms with Crippen molar-refractivity contribution in [2.45, 2.75) is 80.5 Å². The van der Waals surface area contributed by atoms with Gasteiger partial charge in [-0.05, 0) is 39.6 Å². The van der Waals surface area contributed by atoms with Crippen molar-refractivity contribution >= 4 is 5.91 Å². The van der Waals surface area contributed by atoms with Crippen LogP contribution in [0.3, 0.4) is 0 Å². The molecular weight excluding hydrogens is 422 g/mol. The molecule has 0 bridgehead atoms. The molecule has 4 rings (SSSR count). The lowest BCUT2D eigenvalue weighted by Crippen LogP contribution is -2.79. The number of fused-ring (bicyclic) bond motifs is 2. The Labute approximate surface area is 186 Å². The van der Waals surface area contributed by atoms with E-state index in [-0.39, 0.29) is 18.4 Å². The van der Waals surface area contributed by atoms with Crippen LogP contribution < -0.4 is 26.8 Å². The first kappa shape index (κ1) is 23.4. The number of rotatable bonds is 5. The number of likely N-dealkylation sites (N-methyl/N-ethyl adjacent to an activating group) is 2. The summed E-state index contributed by atoms with van der Waals surface area (Å²) in [5.41, 5.74) is 6.36. The van der Waals surface area contributed by atoms with E-state index < -0.39 is 54.6 Å². The first-order chi connectivity index (χ1) is 15.3. The molecule has 2 saturated heterocycles. The van der Waals surface area contributed by atoms with Gasteiger partial charge < -0.3 is 56.3 Å². The van der Waals surface area contributed by atoms with Gasteiger partial charge in [0.2, 0.25) is 18.0 Å². The lowest BCUT2D eigenvalue weighted by molar-refractivity contribution is -0.449. The zero-order valence-electron chi connectivity index (χ0n) is 18.3. The van der Waals surface area contributed by atoms with Crippen molar-refractivity contribution in [1.82, 2.24) is 26.8 Å². The van der Waals surface area contributed by atoms with Gasteiger partial charge in [0.15, 0.2) is 0 Å². The Kier molecular flexibility index (Phi) is 6.75. The molecule has 3 aliphatic heterocycles. The molecule has 5 unspecified atom stereocenters. The van der Waals surface area contributed by atoms with Crippen LogP contribution in [0.1, 0.15) is 19.8 Å². The normalized spacial score (nSPS) is 45.6. The first-order valence-electron chi connectivity index (χ1n) is 10.9. The van der Waals surface area contributed by atoms with E-state index in [0.29, 0.717) is 12.1 Å². The second kappa shape index (κ2) is 9.23. The molecule has 8 N–H and O–H groups in total. The van der Waals surface area contributed by atoms with Gasteiger partial charge in [0.05, 0.1) is 36.8 Å². The van der Waals surface area contributed by atoms with Crippen LogP contribution in [0, 0.1) is 0 Å². The second-order valence-electron chi connectivity index (χ2n) is 8.68. The third-order valence-corrected chi connectivity index (χ3v) is 6.55. The van der Waals surface area contributed by atoms with E-state index in [1.165, 1.54) is 0 Å². The van der Waals surface area contributed by atoms with Gasteiger partial charge in [0.25, 0.3) is 0 Å². The van der Waals surface area contributed by atoms with Crippen molar-refractivity contribution in [2.24, 2.45) is 0 Å². The average molecular weight is 456 g/mol. The van der Waals surface area contributed by atoms with Gasteiger partial charge in [-0.3, -0.25) is 4.79 Å². The van der Waals surface area contributed by atoms with Gasteiger partial charge in [-0.1, -0.05) is 0 Å². The van der Waals surface area contributed by atoms with E-state index in [2.05, 4.69) is 26.8 Å². The lowest BCUT2D eigenvalue weighted by Gasteiger charge is -2.58. The fourth-order valence-corrected chi connectivity index (χ4v) is 4.93. The third-order valence-electron chi connectivity index (χ3n) is 6.55. The Balaban J connectivity index is 1.54. The molecule has 3 heterocycles. The highest BCUT2D eigenvalue weighted by Crippen LogP contribution is 2.42. The molecule has 12 heteroatoms. The summed E-state index contributed by atoms with van der Waals surface area (Å²) in [5.74, 6) is -2.32. The van der Waals surface area contributed by atoms with Crippen LogP contribution in [-0.2, 0) is 19.0 Å². The number of hydrogen-bond donors (Lipinski definition) is 8. The standard InChI is InChI=1S/C20H33N5O7/c1-9-7-11(24-12(26)8-10-5-4-6-23-25-10)20(29)19(30-9)31-18-16(28)13(21-2)15(27)14(22-3)17(18)32-20/h4-6,9,11,13-19,21-23,25,27-29H,7-8H2,1-3H3,(H,24,26)/t9-,11-,13-,14?,15+,16+,17?,18?,19?,20?/m1/s1. The highest BCUT2D eigenvalue weighted by atomic mass is 16.8. The Morgan fingerprint density at radius 3 is 2.59 bits per heavy atom. The molecule has 1 saturated carbocycles. The number of carbonyl (C=O) groups is 1. The van der Waals surface area contributed by atoms with E-state index in [9.17, 15) is 20.1 Å². The fraction of sp³-hybridized carbons (Fsp3) is 0.750. The van der Waals surface area contributed by atoms with Crippen LogP contribution in [0.15, 0.2) is 24.0 Å². The number of allylic oxidation sites excluding steroid dienone is 2. The van der Waals surface area contributed by atoms with E-state index in [0.717, 1.165) is 0 Å². The number of nitrogens with one attached hydrogen (secondary N) is 5. The summed E-state index contributed by atoms with van der Waals surface area (Å²) in [6.07, 6.45) is 0.165. The van der Waals surface area contributed by atoms with E-state index in [4.69, 9.17) is 14.2 Å². The number of carbonyl (C=O) groups excluding carboxylic acids is 1. The SMILES string of the molecule is CNC1C2OC3(O)C(OC2[C@@H](O)[C@H](NC)[C@@H]1O)O[C@H](C)C[C@H]3NC(=O)CC1=CC=CNN1. The molecule has 1 amide bonds. The molecule has 0 aromatic rings. The van der Waals surface area contributed by atoms with E-state index >= 15 is 0 Å². The molecule has 0 radical (unpaired) electrons. The van der Waals surface area contributed by atoms with Crippen molar-refractivity contribution < 1.29 is 34.3 Å². The maximum absolute atomic E-state index is 12.7. The number of hydrogen-bond acceptors (Lipinski definition) is 11. The Hall–Kier alpha value is -1.77. The summed E-state index contributed by atoms with van der Waals surface area (Å²) in [6, 6.07) is -2.14. The fourth-order valence-electron chi connectivity index (χ4n) is 4.93. The van der Waals surface area contributed by atoms with Gasteiger partial charge >= 0.3 is 0 Å².